The molecule has 190 valence electrons. The summed E-state index contributed by atoms with van der Waals surface area (Å²) < 4.78 is 26.9. The predicted octanol–water partition coefficient (Wildman–Crippen LogP) is 3.96. The molecule has 0 spiro atoms. The lowest BCUT2D eigenvalue weighted by Gasteiger charge is -2.22. The third-order valence-electron chi connectivity index (χ3n) is 6.66. The first kappa shape index (κ1) is 25.2. The molecule has 2 fully saturated rings. The summed E-state index contributed by atoms with van der Waals surface area (Å²) in [5, 5.41) is 13.0. The molecule has 1 aliphatic heterocycles. The molecule has 1 aromatic carbocycles. The molecule has 7 nitrogen and oxygen atoms in total. The number of rotatable bonds is 9. The van der Waals surface area contributed by atoms with Crippen LogP contribution in [0, 0.1) is 18.7 Å². The minimum absolute atomic E-state index is 0.0179. The summed E-state index contributed by atoms with van der Waals surface area (Å²) in [7, 11) is 0. The van der Waals surface area contributed by atoms with Crippen molar-refractivity contribution in [2.45, 2.75) is 71.1 Å². The normalized spacial score (nSPS) is 22.6. The summed E-state index contributed by atoms with van der Waals surface area (Å²) in [5.41, 5.74) is 0.458. The molecular weight excluding hydrogens is 449 g/mol. The number of anilines is 1. The highest BCUT2D eigenvalue weighted by Crippen LogP contribution is 2.33. The van der Waals surface area contributed by atoms with Crippen molar-refractivity contribution >= 4 is 11.7 Å². The van der Waals surface area contributed by atoms with Crippen molar-refractivity contribution in [3.8, 4) is 11.5 Å². The van der Waals surface area contributed by atoms with Crippen LogP contribution in [0.5, 0.6) is 11.5 Å². The number of hydrogen-bond donors (Lipinski definition) is 2. The highest BCUT2D eigenvalue weighted by Gasteiger charge is 2.35. The first-order valence-electron chi connectivity index (χ1n) is 12.3. The minimum Gasteiger partial charge on any atom is -0.489 e. The molecule has 2 aliphatic rings. The second-order valence-electron chi connectivity index (χ2n) is 10.6. The molecule has 0 bridgehead atoms. The zero-order valence-corrected chi connectivity index (χ0v) is 21.2. The first-order valence-corrected chi connectivity index (χ1v) is 12.3. The van der Waals surface area contributed by atoms with Gasteiger partial charge in [-0.25, -0.2) is 4.98 Å². The molecule has 1 saturated heterocycles. The first-order chi connectivity index (χ1) is 16.5. The fourth-order valence-electron chi connectivity index (χ4n) is 4.22. The topological polar surface area (TPSA) is 83.9 Å². The number of amides is 1. The molecule has 8 heteroatoms. The molecule has 2 aromatic rings. The van der Waals surface area contributed by atoms with Gasteiger partial charge in [0, 0.05) is 30.8 Å². The van der Waals surface area contributed by atoms with Crippen LogP contribution in [0.15, 0.2) is 30.5 Å². The number of aliphatic hydroxyl groups is 1. The van der Waals surface area contributed by atoms with E-state index in [0.29, 0.717) is 30.6 Å². The lowest BCUT2D eigenvalue weighted by Crippen LogP contribution is -2.30. The zero-order valence-electron chi connectivity index (χ0n) is 21.2. The van der Waals surface area contributed by atoms with Crippen molar-refractivity contribution in [2.75, 3.05) is 24.6 Å². The Morgan fingerprint density at radius 3 is 2.66 bits per heavy atom. The van der Waals surface area contributed by atoms with Gasteiger partial charge in [-0.3, -0.25) is 4.79 Å². The molecule has 1 aliphatic carbocycles. The van der Waals surface area contributed by atoms with E-state index in [1.807, 2.05) is 36.1 Å². The minimum atomic E-state index is -1.07. The average Bonchev–Trinajstić information content (AvgIpc) is 3.29. The maximum atomic E-state index is 15.2. The van der Waals surface area contributed by atoms with E-state index in [1.165, 1.54) is 0 Å². The van der Waals surface area contributed by atoms with E-state index in [2.05, 4.69) is 17.2 Å². The van der Waals surface area contributed by atoms with Crippen molar-refractivity contribution in [3.05, 3.63) is 47.4 Å². The summed E-state index contributed by atoms with van der Waals surface area (Å²) in [4.78, 5) is 18.6. The van der Waals surface area contributed by atoms with Crippen LogP contribution < -0.4 is 19.7 Å². The Morgan fingerprint density at radius 1 is 1.34 bits per heavy atom. The molecule has 4 atom stereocenters. The van der Waals surface area contributed by atoms with Gasteiger partial charge in [-0.2, -0.15) is 4.39 Å². The molecule has 2 N–H and O–H groups in total. The van der Waals surface area contributed by atoms with Crippen LogP contribution in [-0.4, -0.2) is 53.4 Å². The largest absolute Gasteiger partial charge is 0.489 e. The SMILES string of the molecule is Cc1cnc(N2CCC(Oc3ccc(C(C)C(=O)NC4CC4C)cc3)C2)c(F)c1OCC(C)(C)O. The van der Waals surface area contributed by atoms with Crippen LogP contribution in [-0.2, 0) is 4.79 Å². The van der Waals surface area contributed by atoms with Gasteiger partial charge in [0.2, 0.25) is 11.7 Å². The number of aromatic nitrogens is 1. The van der Waals surface area contributed by atoms with Gasteiger partial charge in [0.05, 0.1) is 18.1 Å². The molecule has 4 unspecified atom stereocenters. The zero-order chi connectivity index (χ0) is 25.3. The van der Waals surface area contributed by atoms with Crippen LogP contribution in [0.4, 0.5) is 10.2 Å². The smallest absolute Gasteiger partial charge is 0.227 e. The Bertz CT molecular complexity index is 1050. The Hall–Kier alpha value is -2.87. The van der Waals surface area contributed by atoms with E-state index in [-0.39, 0.29) is 36.1 Å². The van der Waals surface area contributed by atoms with E-state index >= 15 is 4.39 Å². The number of pyridine rings is 1. The van der Waals surface area contributed by atoms with Gasteiger partial charge in [0.1, 0.15) is 18.5 Å². The van der Waals surface area contributed by atoms with Crippen LogP contribution in [0.2, 0.25) is 0 Å². The summed E-state index contributed by atoms with van der Waals surface area (Å²) in [6.45, 7) is 10.1. The van der Waals surface area contributed by atoms with Crippen molar-refractivity contribution in [3.63, 3.8) is 0 Å². The Labute approximate surface area is 206 Å². The van der Waals surface area contributed by atoms with E-state index < -0.39 is 11.4 Å². The fourth-order valence-corrected chi connectivity index (χ4v) is 4.22. The second-order valence-corrected chi connectivity index (χ2v) is 10.6. The summed E-state index contributed by atoms with van der Waals surface area (Å²) >= 11 is 0. The van der Waals surface area contributed by atoms with Crippen LogP contribution in [0.25, 0.3) is 0 Å². The Balaban J connectivity index is 1.35. The number of carbonyl (C=O) groups is 1. The maximum absolute atomic E-state index is 15.2. The molecular formula is C27H36FN3O4. The monoisotopic (exact) mass is 485 g/mol. The van der Waals surface area contributed by atoms with Gasteiger partial charge in [-0.1, -0.05) is 19.1 Å². The summed E-state index contributed by atoms with van der Waals surface area (Å²) in [6.07, 6.45) is 3.27. The summed E-state index contributed by atoms with van der Waals surface area (Å²) in [5.74, 6) is 0.949. The second kappa shape index (κ2) is 10.0. The molecule has 4 rings (SSSR count). The van der Waals surface area contributed by atoms with E-state index in [0.717, 1.165) is 24.2 Å². The highest BCUT2D eigenvalue weighted by atomic mass is 19.1. The van der Waals surface area contributed by atoms with Crippen molar-refractivity contribution in [1.29, 1.82) is 0 Å². The van der Waals surface area contributed by atoms with E-state index in [9.17, 15) is 9.90 Å². The van der Waals surface area contributed by atoms with Crippen molar-refractivity contribution < 1.29 is 23.8 Å². The quantitative estimate of drug-likeness (QED) is 0.559. The number of benzene rings is 1. The molecule has 0 radical (unpaired) electrons. The third kappa shape index (κ3) is 6.23. The third-order valence-corrected chi connectivity index (χ3v) is 6.66. The number of halogens is 1. The molecule has 1 amide bonds. The molecule has 35 heavy (non-hydrogen) atoms. The van der Waals surface area contributed by atoms with Gasteiger partial charge in [-0.15, -0.1) is 0 Å². The van der Waals surface area contributed by atoms with Crippen LogP contribution in [0.1, 0.15) is 57.6 Å². The number of nitrogens with one attached hydrogen (secondary N) is 1. The van der Waals surface area contributed by atoms with Crippen molar-refractivity contribution in [1.82, 2.24) is 10.3 Å². The molecule has 1 saturated carbocycles. The van der Waals surface area contributed by atoms with Gasteiger partial charge in [0.15, 0.2) is 11.6 Å². The number of ether oxygens (including phenoxy) is 2. The lowest BCUT2D eigenvalue weighted by atomic mass is 10.0. The fraction of sp³-hybridized carbons (Fsp3) is 0.556. The molecule has 2 heterocycles. The van der Waals surface area contributed by atoms with Crippen LogP contribution in [0.3, 0.4) is 0 Å². The number of nitrogens with zero attached hydrogens (tertiary/aromatic N) is 2. The van der Waals surface area contributed by atoms with Crippen LogP contribution >= 0.6 is 0 Å². The number of aryl methyl sites for hydroxylation is 1. The standard InChI is InChI=1S/C27H36FN3O4/c1-16-12-22(16)30-26(32)18(3)19-6-8-20(9-7-19)35-21-10-11-31(14-21)25-23(28)24(17(2)13-29-25)34-15-27(4,5)33/h6-9,13,16,18,21-22,33H,10-12,14-15H2,1-5H3,(H,30,32). The van der Waals surface area contributed by atoms with Gasteiger partial charge >= 0.3 is 0 Å². The highest BCUT2D eigenvalue weighted by molar-refractivity contribution is 5.83. The molecule has 1 aromatic heterocycles. The Morgan fingerprint density at radius 2 is 2.03 bits per heavy atom. The van der Waals surface area contributed by atoms with Gasteiger partial charge in [0.25, 0.3) is 0 Å². The average molecular weight is 486 g/mol. The van der Waals surface area contributed by atoms with Gasteiger partial charge < -0.3 is 24.8 Å². The van der Waals surface area contributed by atoms with Crippen molar-refractivity contribution in [2.24, 2.45) is 5.92 Å². The van der Waals surface area contributed by atoms with Gasteiger partial charge in [-0.05, 0) is 57.7 Å². The Kier molecular flexibility index (Phi) is 7.22. The van der Waals surface area contributed by atoms with E-state index in [4.69, 9.17) is 9.47 Å². The predicted molar refractivity (Wildman–Crippen MR) is 133 cm³/mol. The van der Waals surface area contributed by atoms with E-state index in [1.54, 1.807) is 27.0 Å². The number of hydrogen-bond acceptors (Lipinski definition) is 6. The summed E-state index contributed by atoms with van der Waals surface area (Å²) in [6, 6.07) is 7.94. The lowest BCUT2D eigenvalue weighted by molar-refractivity contribution is -0.122. The number of carbonyl (C=O) groups excluding carboxylic acids is 1. The maximum Gasteiger partial charge on any atom is 0.227 e.